The molecule has 1 spiro atoms. The van der Waals surface area contributed by atoms with Crippen molar-refractivity contribution in [2.45, 2.75) is 115 Å². The number of hydrogen-bond acceptors (Lipinski definition) is 13. The Kier molecular flexibility index (Phi) is 10.5. The van der Waals surface area contributed by atoms with Crippen molar-refractivity contribution in [1.29, 1.82) is 0 Å². The maximum absolute atomic E-state index is 12.9. The minimum atomic E-state index is -5.42. The maximum atomic E-state index is 12.9. The Morgan fingerprint density at radius 3 is 2.25 bits per heavy atom. The molecule has 13 atom stereocenters. The van der Waals surface area contributed by atoms with E-state index in [1.54, 1.807) is 13.8 Å². The quantitative estimate of drug-likeness (QED) is 0.0879. The first-order chi connectivity index (χ1) is 22.2. The number of ether oxygens (including phenoxy) is 3. The van der Waals surface area contributed by atoms with Gasteiger partial charge in [-0.15, -0.1) is 0 Å². The summed E-state index contributed by atoms with van der Waals surface area (Å²) in [7, 11) is -10.8. The lowest BCUT2D eigenvalue weighted by atomic mass is 9.43. The maximum Gasteiger partial charge on any atom is 0.397 e. The number of fused-ring (bicyclic) bond motifs is 3. The van der Waals surface area contributed by atoms with Crippen LogP contribution in [0.4, 0.5) is 0 Å². The number of carboxylic acid groups (broad SMARTS) is 1. The first-order valence-electron chi connectivity index (χ1n) is 16.2. The zero-order chi connectivity index (χ0) is 35.6. The lowest BCUT2D eigenvalue weighted by Crippen LogP contribution is -2.64. The van der Waals surface area contributed by atoms with Crippen molar-refractivity contribution in [3.05, 3.63) is 12.2 Å². The Bertz CT molecular complexity index is 1480. The van der Waals surface area contributed by atoms with Gasteiger partial charge in [0.2, 0.25) is 0 Å². The van der Waals surface area contributed by atoms with E-state index in [9.17, 15) is 50.8 Å². The summed E-state index contributed by atoms with van der Waals surface area (Å²) >= 11 is 0. The highest BCUT2D eigenvalue weighted by Crippen LogP contribution is 2.70. The molecule has 274 valence electrons. The molecule has 0 aromatic carbocycles. The Morgan fingerprint density at radius 2 is 1.67 bits per heavy atom. The Morgan fingerprint density at radius 1 is 1.02 bits per heavy atom. The van der Waals surface area contributed by atoms with Gasteiger partial charge in [-0.05, 0) is 79.6 Å². The largest absolute Gasteiger partial charge is 0.481 e. The first-order valence-corrected chi connectivity index (χ1v) is 18.9. The Hall–Kier alpha value is -1.74. The van der Waals surface area contributed by atoms with E-state index in [1.165, 1.54) is 0 Å². The fraction of sp³-hybridized carbons (Fsp3) is 0.867. The molecule has 2 bridgehead atoms. The second-order valence-electron chi connectivity index (χ2n) is 14.8. The molecule has 48 heavy (non-hydrogen) atoms. The number of carbonyl (C=O) groups is 2. The zero-order valence-electron chi connectivity index (χ0n) is 27.0. The molecule has 0 radical (unpaired) electrons. The van der Waals surface area contributed by atoms with Crippen LogP contribution < -0.4 is 0 Å². The monoisotopic (exact) mass is 726 g/mol. The second-order valence-corrected chi connectivity index (χ2v) is 16.9. The summed E-state index contributed by atoms with van der Waals surface area (Å²) in [5.41, 5.74) is -0.319. The molecule has 16 nitrogen and oxygen atoms in total. The lowest BCUT2D eigenvalue weighted by Gasteiger charge is -2.62. The summed E-state index contributed by atoms with van der Waals surface area (Å²) in [6, 6.07) is 0. The van der Waals surface area contributed by atoms with Crippen LogP contribution in [0.1, 0.15) is 72.1 Å². The van der Waals surface area contributed by atoms with E-state index in [-0.39, 0.29) is 42.9 Å². The van der Waals surface area contributed by atoms with Gasteiger partial charge in [-0.25, -0.2) is 8.37 Å². The summed E-state index contributed by atoms with van der Waals surface area (Å²) in [6.45, 7) is 8.52. The molecule has 0 aromatic heterocycles. The fourth-order valence-corrected chi connectivity index (χ4v) is 10.8. The van der Waals surface area contributed by atoms with Gasteiger partial charge in [0.05, 0.1) is 24.7 Å². The molecule has 4 aliphatic carbocycles. The Balaban J connectivity index is 1.51. The van der Waals surface area contributed by atoms with Gasteiger partial charge in [0.15, 0.2) is 18.5 Å². The van der Waals surface area contributed by atoms with Crippen LogP contribution in [0.5, 0.6) is 0 Å². The zero-order valence-corrected chi connectivity index (χ0v) is 28.7. The Labute approximate surface area is 280 Å². The van der Waals surface area contributed by atoms with Crippen molar-refractivity contribution in [1.82, 2.24) is 0 Å². The minimum absolute atomic E-state index is 0.0156. The van der Waals surface area contributed by atoms with Crippen molar-refractivity contribution < 1.29 is 73.4 Å². The predicted octanol–water partition coefficient (Wildman–Crippen LogP) is 1.67. The molecule has 1 heterocycles. The van der Waals surface area contributed by atoms with Crippen molar-refractivity contribution in [2.24, 2.45) is 40.4 Å². The van der Waals surface area contributed by atoms with Gasteiger partial charge in [-0.3, -0.25) is 18.7 Å². The van der Waals surface area contributed by atoms with Gasteiger partial charge in [-0.2, -0.15) is 16.8 Å². The number of esters is 1. The van der Waals surface area contributed by atoms with Gasteiger partial charge in [-0.1, -0.05) is 27.4 Å². The number of aliphatic carboxylic acids is 1. The summed E-state index contributed by atoms with van der Waals surface area (Å²) in [5, 5.41) is 32.0. The fourth-order valence-electron chi connectivity index (χ4n) is 9.82. The molecule has 0 amide bonds. The number of aliphatic hydroxyl groups is 2. The van der Waals surface area contributed by atoms with Crippen LogP contribution >= 0.6 is 0 Å². The topological polar surface area (TPSA) is 250 Å². The minimum Gasteiger partial charge on any atom is -0.481 e. The van der Waals surface area contributed by atoms with E-state index in [0.717, 1.165) is 24.8 Å². The highest BCUT2D eigenvalue weighted by atomic mass is 32.3. The third kappa shape index (κ3) is 7.20. The summed E-state index contributed by atoms with van der Waals surface area (Å²) in [4.78, 5) is 25.7. The van der Waals surface area contributed by atoms with E-state index in [2.05, 4.69) is 10.8 Å². The third-order valence-electron chi connectivity index (χ3n) is 11.5. The van der Waals surface area contributed by atoms with Gasteiger partial charge in [0.25, 0.3) is 0 Å². The summed E-state index contributed by atoms with van der Waals surface area (Å²) < 4.78 is 93.5. The number of hydrogen-bond donors (Lipinski definition) is 5. The highest BCUT2D eigenvalue weighted by Gasteiger charge is 2.67. The van der Waals surface area contributed by atoms with Crippen molar-refractivity contribution >= 4 is 32.7 Å². The molecule has 5 rings (SSSR count). The van der Waals surface area contributed by atoms with E-state index in [4.69, 9.17) is 18.4 Å². The van der Waals surface area contributed by atoms with Gasteiger partial charge in [0.1, 0.15) is 12.2 Å². The van der Waals surface area contributed by atoms with Crippen LogP contribution in [0.2, 0.25) is 0 Å². The van der Waals surface area contributed by atoms with Crippen LogP contribution in [-0.4, -0.2) is 103 Å². The molecule has 1 unspecified atom stereocenters. The molecule has 1 saturated heterocycles. The standard InChI is InChI=1S/C30H46O16S2/c1-14(2)9-22(32)44-25-24(46-48(39,40)41)23(45-47(36,37)38)20(13-31)43-28(25)42-17-10-18(27(34)35)19-7-8-30-11-16(15(3)26(30)33)5-6-21(30)29(19,4)12-17/h14,16-21,23-26,28,31,33H,3,5-13H2,1-2,4H3,(H,34,35)(H,36,37,38)(H,39,40,41)/t16-,17-,18-,19-,20-,21?,23-,24+,25-,26+,28-,29-,30-/m1/s1. The van der Waals surface area contributed by atoms with Crippen molar-refractivity contribution in [3.63, 3.8) is 0 Å². The van der Waals surface area contributed by atoms with Crippen LogP contribution in [0.25, 0.3) is 0 Å². The molecule has 18 heteroatoms. The van der Waals surface area contributed by atoms with E-state index in [0.29, 0.717) is 12.8 Å². The molecule has 5 aliphatic rings. The SMILES string of the molecule is C=C1[C@@H]2CCC3[C@@](CC[C@@H]4[C@H](C(=O)O)C[C@@H](O[C@@H]5O[C@H](CO)[C@@H](OS(=O)(=O)O)[C@H](OS(=O)(=O)O)[C@H]5OC(=O)CC(C)C)C[C@@]34C)(C2)[C@H]1O. The molecular weight excluding hydrogens is 680 g/mol. The van der Waals surface area contributed by atoms with E-state index < -0.39 is 99.0 Å². The van der Waals surface area contributed by atoms with Crippen molar-refractivity contribution in [2.75, 3.05) is 6.61 Å². The molecule has 4 saturated carbocycles. The van der Waals surface area contributed by atoms with Gasteiger partial charge in [0, 0.05) is 11.8 Å². The van der Waals surface area contributed by atoms with Crippen LogP contribution in [0.3, 0.4) is 0 Å². The average Bonchev–Trinajstić information content (AvgIpc) is 3.12. The molecule has 1 aliphatic heterocycles. The van der Waals surface area contributed by atoms with Crippen LogP contribution in [-0.2, 0) is 53.0 Å². The smallest absolute Gasteiger partial charge is 0.397 e. The number of aliphatic hydroxyl groups excluding tert-OH is 2. The third-order valence-corrected chi connectivity index (χ3v) is 12.4. The van der Waals surface area contributed by atoms with Gasteiger partial charge >= 0.3 is 32.7 Å². The number of rotatable bonds is 11. The lowest BCUT2D eigenvalue weighted by molar-refractivity contribution is -0.316. The molecule has 5 fully saturated rings. The van der Waals surface area contributed by atoms with Crippen LogP contribution in [0, 0.1) is 40.4 Å². The van der Waals surface area contributed by atoms with Crippen molar-refractivity contribution in [3.8, 4) is 0 Å². The van der Waals surface area contributed by atoms with E-state index in [1.807, 2.05) is 6.92 Å². The second kappa shape index (κ2) is 13.4. The molecular formula is C30H46O16S2. The van der Waals surface area contributed by atoms with Crippen LogP contribution in [0.15, 0.2) is 12.2 Å². The highest BCUT2D eigenvalue weighted by molar-refractivity contribution is 7.81. The predicted molar refractivity (Wildman–Crippen MR) is 162 cm³/mol. The van der Waals surface area contributed by atoms with E-state index >= 15 is 0 Å². The number of carbonyl (C=O) groups excluding carboxylic acids is 1. The molecule has 5 N–H and O–H groups in total. The molecule has 0 aromatic rings. The normalized spacial score (nSPS) is 43.0. The van der Waals surface area contributed by atoms with Gasteiger partial charge < -0.3 is 29.5 Å². The summed E-state index contributed by atoms with van der Waals surface area (Å²) in [5.74, 6) is -3.25. The summed E-state index contributed by atoms with van der Waals surface area (Å²) in [6.07, 6.45) is -7.93. The number of carboxylic acids is 1. The first kappa shape index (κ1) is 37.5. The average molecular weight is 727 g/mol.